The normalized spacial score (nSPS) is 14.3. The third-order valence-electron chi connectivity index (χ3n) is 3.29. The summed E-state index contributed by atoms with van der Waals surface area (Å²) >= 11 is 4.73. The number of halogens is 2. The standard InChI is InChI=1S/C16H14BrIO3S/c1-2-22(20,21)16(17,18)15(19)14-10-8-13(9-11-14)12-6-4-3-5-7-12/h3-11H,2H2,1H3/t16-/m0/s1. The molecule has 0 amide bonds. The summed E-state index contributed by atoms with van der Waals surface area (Å²) < 4.78 is 22.5. The number of Topliss-reactive ketones (excluding diaryl/α,β-unsaturated/α-hetero) is 1. The van der Waals surface area contributed by atoms with Crippen LogP contribution < -0.4 is 0 Å². The number of ketones is 1. The maximum Gasteiger partial charge on any atom is 0.239 e. The van der Waals surface area contributed by atoms with Gasteiger partial charge < -0.3 is 0 Å². The van der Waals surface area contributed by atoms with Gasteiger partial charge in [-0.3, -0.25) is 4.79 Å². The van der Waals surface area contributed by atoms with Crippen LogP contribution in [-0.2, 0) is 9.84 Å². The molecule has 0 aliphatic heterocycles. The molecule has 3 nitrogen and oxygen atoms in total. The minimum absolute atomic E-state index is 0.102. The second kappa shape index (κ2) is 6.80. The van der Waals surface area contributed by atoms with Crippen LogP contribution in [0, 0.1) is 0 Å². The zero-order valence-electron chi connectivity index (χ0n) is 11.8. The second-order valence-electron chi connectivity index (χ2n) is 4.69. The van der Waals surface area contributed by atoms with E-state index in [4.69, 9.17) is 0 Å². The van der Waals surface area contributed by atoms with Crippen molar-refractivity contribution in [3.05, 3.63) is 60.2 Å². The molecule has 0 aliphatic rings. The lowest BCUT2D eigenvalue weighted by Gasteiger charge is -2.18. The molecule has 6 heteroatoms. The number of alkyl halides is 2. The number of carbonyl (C=O) groups is 1. The molecule has 0 fully saturated rings. The van der Waals surface area contributed by atoms with Gasteiger partial charge in [0.05, 0.1) is 5.75 Å². The van der Waals surface area contributed by atoms with Gasteiger partial charge >= 0.3 is 0 Å². The van der Waals surface area contributed by atoms with Gasteiger partial charge in [0.25, 0.3) is 0 Å². The molecule has 0 unspecified atom stereocenters. The first-order chi connectivity index (χ1) is 10.3. The molecule has 0 saturated heterocycles. The van der Waals surface area contributed by atoms with Crippen molar-refractivity contribution in [1.29, 1.82) is 0 Å². The molecule has 116 valence electrons. The molecule has 0 N–H and O–H groups in total. The smallest absolute Gasteiger partial charge is 0.239 e. The van der Waals surface area contributed by atoms with Crippen molar-refractivity contribution in [2.45, 2.75) is 8.59 Å². The van der Waals surface area contributed by atoms with Gasteiger partial charge in [-0.05, 0) is 49.6 Å². The minimum Gasteiger partial charge on any atom is -0.290 e. The van der Waals surface area contributed by atoms with Crippen molar-refractivity contribution >= 4 is 54.1 Å². The Labute approximate surface area is 152 Å². The van der Waals surface area contributed by atoms with Crippen molar-refractivity contribution in [3.8, 4) is 11.1 Å². The maximum absolute atomic E-state index is 12.5. The van der Waals surface area contributed by atoms with E-state index in [2.05, 4.69) is 15.9 Å². The van der Waals surface area contributed by atoms with Crippen LogP contribution in [0.4, 0.5) is 0 Å². The molecule has 2 aromatic carbocycles. The molecule has 1 atom stereocenters. The molecule has 0 spiro atoms. The topological polar surface area (TPSA) is 51.2 Å². The van der Waals surface area contributed by atoms with Gasteiger partial charge in [0.15, 0.2) is 9.84 Å². The molecular formula is C16H14BrIO3S. The quantitative estimate of drug-likeness (QED) is 0.352. The minimum atomic E-state index is -3.55. The van der Waals surface area contributed by atoms with E-state index in [-0.39, 0.29) is 5.75 Å². The van der Waals surface area contributed by atoms with Gasteiger partial charge in [0, 0.05) is 5.56 Å². The Bertz CT molecular complexity index is 769. The fraction of sp³-hybridized carbons (Fsp3) is 0.188. The fourth-order valence-electron chi connectivity index (χ4n) is 1.94. The third-order valence-corrected chi connectivity index (χ3v) is 9.36. The van der Waals surface area contributed by atoms with Crippen LogP contribution in [0.2, 0.25) is 0 Å². The lowest BCUT2D eigenvalue weighted by atomic mass is 10.0. The summed E-state index contributed by atoms with van der Waals surface area (Å²) in [6, 6.07) is 16.7. The number of hydrogen-bond acceptors (Lipinski definition) is 3. The van der Waals surface area contributed by atoms with Crippen LogP contribution in [0.25, 0.3) is 11.1 Å². The first-order valence-corrected chi connectivity index (χ1v) is 10.1. The number of sulfone groups is 1. The van der Waals surface area contributed by atoms with E-state index in [0.717, 1.165) is 11.1 Å². The van der Waals surface area contributed by atoms with Crippen LogP contribution in [0.1, 0.15) is 17.3 Å². The molecule has 0 saturated carbocycles. The summed E-state index contributed by atoms with van der Waals surface area (Å²) in [5, 5.41) is 0. The predicted molar refractivity (Wildman–Crippen MR) is 101 cm³/mol. The highest BCUT2D eigenvalue weighted by molar-refractivity contribution is 14.1. The lowest BCUT2D eigenvalue weighted by molar-refractivity contribution is 0.101. The first-order valence-electron chi connectivity index (χ1n) is 6.60. The van der Waals surface area contributed by atoms with Gasteiger partial charge in [-0.15, -0.1) is 0 Å². The highest BCUT2D eigenvalue weighted by atomic mass is 127. The SMILES string of the molecule is CCS(=O)(=O)[C@@](Br)(I)C(=O)c1ccc(-c2ccccc2)cc1. The molecule has 0 heterocycles. The van der Waals surface area contributed by atoms with Crippen molar-refractivity contribution in [1.82, 2.24) is 0 Å². The van der Waals surface area contributed by atoms with Gasteiger partial charge in [-0.1, -0.05) is 61.5 Å². The molecule has 0 bridgehead atoms. The summed E-state index contributed by atoms with van der Waals surface area (Å²) in [6.45, 7) is 1.52. The van der Waals surface area contributed by atoms with E-state index < -0.39 is 17.3 Å². The number of hydrogen-bond donors (Lipinski definition) is 0. The van der Waals surface area contributed by atoms with Gasteiger partial charge in [-0.25, -0.2) is 8.42 Å². The molecule has 0 aliphatic carbocycles. The van der Waals surface area contributed by atoms with E-state index in [9.17, 15) is 13.2 Å². The van der Waals surface area contributed by atoms with E-state index in [1.807, 2.05) is 42.5 Å². The lowest BCUT2D eigenvalue weighted by Crippen LogP contribution is -2.35. The summed E-state index contributed by atoms with van der Waals surface area (Å²) in [6.07, 6.45) is 0. The van der Waals surface area contributed by atoms with Gasteiger partial charge in [-0.2, -0.15) is 0 Å². The largest absolute Gasteiger partial charge is 0.290 e. The van der Waals surface area contributed by atoms with Crippen molar-refractivity contribution in [2.24, 2.45) is 0 Å². The molecular weight excluding hydrogens is 479 g/mol. The summed E-state index contributed by atoms with van der Waals surface area (Å²) in [5.41, 5.74) is 2.38. The Balaban J connectivity index is 2.33. The summed E-state index contributed by atoms with van der Waals surface area (Å²) in [5.74, 6) is -0.566. The zero-order chi connectivity index (χ0) is 16.4. The molecule has 0 radical (unpaired) electrons. The number of benzene rings is 2. The first kappa shape index (κ1) is 17.6. The molecule has 2 rings (SSSR count). The number of carbonyl (C=O) groups excluding carboxylic acids is 1. The van der Waals surface area contributed by atoms with Gasteiger partial charge in [0.1, 0.15) is 0 Å². The molecule has 22 heavy (non-hydrogen) atoms. The highest BCUT2D eigenvalue weighted by Crippen LogP contribution is 2.37. The maximum atomic E-state index is 12.5. The Kier molecular flexibility index (Phi) is 5.45. The Morgan fingerprint density at radius 2 is 1.55 bits per heavy atom. The Morgan fingerprint density at radius 3 is 2.05 bits per heavy atom. The summed E-state index contributed by atoms with van der Waals surface area (Å²) in [7, 11) is -3.55. The van der Waals surface area contributed by atoms with E-state index in [1.165, 1.54) is 6.92 Å². The fourth-order valence-corrected chi connectivity index (χ4v) is 4.86. The molecule has 2 aromatic rings. The van der Waals surface area contributed by atoms with Crippen LogP contribution in [0.3, 0.4) is 0 Å². The van der Waals surface area contributed by atoms with E-state index in [0.29, 0.717) is 5.56 Å². The van der Waals surface area contributed by atoms with Crippen LogP contribution in [0.15, 0.2) is 54.6 Å². The van der Waals surface area contributed by atoms with Crippen molar-refractivity contribution in [3.63, 3.8) is 0 Å². The van der Waals surface area contributed by atoms with Crippen LogP contribution in [-0.4, -0.2) is 21.6 Å². The van der Waals surface area contributed by atoms with Crippen LogP contribution >= 0.6 is 38.5 Å². The Hall–Kier alpha value is -0.730. The Morgan fingerprint density at radius 1 is 1.05 bits per heavy atom. The number of rotatable bonds is 5. The van der Waals surface area contributed by atoms with Gasteiger partial charge in [0.2, 0.25) is 7.45 Å². The summed E-state index contributed by atoms with van der Waals surface area (Å²) in [4.78, 5) is 12.5. The van der Waals surface area contributed by atoms with Crippen molar-refractivity contribution in [2.75, 3.05) is 5.75 Å². The average Bonchev–Trinajstić information content (AvgIpc) is 2.55. The highest BCUT2D eigenvalue weighted by Gasteiger charge is 2.45. The van der Waals surface area contributed by atoms with Crippen molar-refractivity contribution < 1.29 is 13.2 Å². The predicted octanol–water partition coefficient (Wildman–Crippen LogP) is 4.45. The monoisotopic (exact) mass is 492 g/mol. The average molecular weight is 493 g/mol. The second-order valence-corrected chi connectivity index (χ2v) is 12.7. The van der Waals surface area contributed by atoms with E-state index in [1.54, 1.807) is 34.7 Å². The zero-order valence-corrected chi connectivity index (χ0v) is 16.4. The third kappa shape index (κ3) is 3.44. The van der Waals surface area contributed by atoms with Crippen LogP contribution in [0.5, 0.6) is 0 Å². The van der Waals surface area contributed by atoms with E-state index >= 15 is 0 Å². The molecule has 0 aromatic heterocycles.